The molecule has 1 aromatic carbocycles. The summed E-state index contributed by atoms with van der Waals surface area (Å²) in [6, 6.07) is 9.29. The molecule has 0 aliphatic carbocycles. The first-order valence-electron chi connectivity index (χ1n) is 8.53. The SMILES string of the molecule is CCNC(CCN1CCC(C)(C)CC1)c1ccccc1C. The number of rotatable bonds is 6. The highest BCUT2D eigenvalue weighted by atomic mass is 15.1. The fourth-order valence-electron chi connectivity index (χ4n) is 3.29. The Kier molecular flexibility index (Phi) is 5.83. The minimum atomic E-state index is 0.492. The Balaban J connectivity index is 1.91. The minimum absolute atomic E-state index is 0.492. The molecule has 2 nitrogen and oxygen atoms in total. The molecule has 1 atom stereocenters. The lowest BCUT2D eigenvalue weighted by atomic mass is 9.82. The summed E-state index contributed by atoms with van der Waals surface area (Å²) in [7, 11) is 0. The van der Waals surface area contributed by atoms with Gasteiger partial charge in [0.05, 0.1) is 0 Å². The van der Waals surface area contributed by atoms with Gasteiger partial charge in [-0.25, -0.2) is 0 Å². The molecule has 1 heterocycles. The fourth-order valence-corrected chi connectivity index (χ4v) is 3.29. The van der Waals surface area contributed by atoms with Crippen molar-refractivity contribution in [2.45, 2.75) is 53.0 Å². The van der Waals surface area contributed by atoms with E-state index in [1.807, 2.05) is 0 Å². The van der Waals surface area contributed by atoms with E-state index in [0.717, 1.165) is 6.54 Å². The number of nitrogens with zero attached hydrogens (tertiary/aromatic N) is 1. The minimum Gasteiger partial charge on any atom is -0.310 e. The van der Waals surface area contributed by atoms with Crippen LogP contribution in [0.15, 0.2) is 24.3 Å². The van der Waals surface area contributed by atoms with Crippen molar-refractivity contribution >= 4 is 0 Å². The van der Waals surface area contributed by atoms with E-state index >= 15 is 0 Å². The Morgan fingerprint density at radius 3 is 2.48 bits per heavy atom. The molecular weight excluding hydrogens is 256 g/mol. The maximum Gasteiger partial charge on any atom is 0.0334 e. The normalized spacial score (nSPS) is 20.4. The number of aryl methyl sites for hydroxylation is 1. The zero-order chi connectivity index (χ0) is 15.3. The van der Waals surface area contributed by atoms with E-state index in [1.54, 1.807) is 0 Å². The first kappa shape index (κ1) is 16.5. The molecule has 2 heteroatoms. The van der Waals surface area contributed by atoms with Gasteiger partial charge in [0.15, 0.2) is 0 Å². The van der Waals surface area contributed by atoms with Crippen LogP contribution in [0, 0.1) is 12.3 Å². The lowest BCUT2D eigenvalue weighted by Gasteiger charge is -2.37. The summed E-state index contributed by atoms with van der Waals surface area (Å²) in [6.07, 6.45) is 3.88. The Morgan fingerprint density at radius 2 is 1.86 bits per heavy atom. The highest BCUT2D eigenvalue weighted by molar-refractivity contribution is 5.28. The molecule has 1 aliphatic heterocycles. The van der Waals surface area contributed by atoms with Crippen LogP contribution >= 0.6 is 0 Å². The van der Waals surface area contributed by atoms with Crippen molar-refractivity contribution in [1.82, 2.24) is 10.2 Å². The molecule has 0 aromatic heterocycles. The molecule has 1 aromatic rings. The van der Waals surface area contributed by atoms with Crippen LogP contribution in [0.3, 0.4) is 0 Å². The van der Waals surface area contributed by atoms with Gasteiger partial charge in [-0.2, -0.15) is 0 Å². The second-order valence-corrected chi connectivity index (χ2v) is 7.26. The first-order valence-corrected chi connectivity index (χ1v) is 8.53. The van der Waals surface area contributed by atoms with Crippen LogP contribution in [0.4, 0.5) is 0 Å². The molecule has 1 saturated heterocycles. The van der Waals surface area contributed by atoms with Gasteiger partial charge in [0.2, 0.25) is 0 Å². The third kappa shape index (κ3) is 4.82. The largest absolute Gasteiger partial charge is 0.310 e. The molecule has 0 amide bonds. The van der Waals surface area contributed by atoms with Gasteiger partial charge in [0.1, 0.15) is 0 Å². The molecule has 1 aliphatic rings. The summed E-state index contributed by atoms with van der Waals surface area (Å²) in [5, 5.41) is 3.67. The third-order valence-electron chi connectivity index (χ3n) is 4.96. The van der Waals surface area contributed by atoms with Crippen molar-refractivity contribution in [2.24, 2.45) is 5.41 Å². The molecule has 0 bridgehead atoms. The van der Waals surface area contributed by atoms with Crippen LogP contribution in [0.2, 0.25) is 0 Å². The summed E-state index contributed by atoms with van der Waals surface area (Å²) < 4.78 is 0. The van der Waals surface area contributed by atoms with Gasteiger partial charge >= 0.3 is 0 Å². The molecule has 0 saturated carbocycles. The molecule has 0 spiro atoms. The Hall–Kier alpha value is -0.860. The van der Waals surface area contributed by atoms with Crippen LogP contribution < -0.4 is 5.32 Å². The average Bonchev–Trinajstić information content (AvgIpc) is 2.45. The summed E-state index contributed by atoms with van der Waals surface area (Å²) in [5.74, 6) is 0. The molecule has 0 radical (unpaired) electrons. The van der Waals surface area contributed by atoms with Crippen molar-refractivity contribution < 1.29 is 0 Å². The number of hydrogen-bond donors (Lipinski definition) is 1. The quantitative estimate of drug-likeness (QED) is 0.845. The zero-order valence-corrected chi connectivity index (χ0v) is 14.3. The molecule has 1 unspecified atom stereocenters. The standard InChI is InChI=1S/C19H32N2/c1-5-20-18(17-9-7-6-8-16(17)2)10-13-21-14-11-19(3,4)12-15-21/h6-9,18,20H,5,10-15H2,1-4H3. The molecule has 2 rings (SSSR count). The van der Waals surface area contributed by atoms with Crippen molar-refractivity contribution in [1.29, 1.82) is 0 Å². The number of benzene rings is 1. The molecule has 21 heavy (non-hydrogen) atoms. The van der Waals surface area contributed by atoms with Crippen LogP contribution in [0.1, 0.15) is 57.2 Å². The predicted molar refractivity (Wildman–Crippen MR) is 91.7 cm³/mol. The fraction of sp³-hybridized carbons (Fsp3) is 0.684. The van der Waals surface area contributed by atoms with E-state index in [2.05, 4.69) is 62.2 Å². The van der Waals surface area contributed by atoms with Crippen molar-refractivity contribution in [3.05, 3.63) is 35.4 Å². The zero-order valence-electron chi connectivity index (χ0n) is 14.3. The van der Waals surface area contributed by atoms with Gasteiger partial charge in [0.25, 0.3) is 0 Å². The van der Waals surface area contributed by atoms with Crippen LogP contribution in [-0.4, -0.2) is 31.1 Å². The van der Waals surface area contributed by atoms with Crippen LogP contribution in [0.25, 0.3) is 0 Å². The maximum atomic E-state index is 3.67. The van der Waals surface area contributed by atoms with E-state index in [0.29, 0.717) is 11.5 Å². The molecular formula is C19H32N2. The van der Waals surface area contributed by atoms with E-state index in [9.17, 15) is 0 Å². The Bertz CT molecular complexity index is 429. The van der Waals surface area contributed by atoms with Gasteiger partial charge in [-0.05, 0) is 68.9 Å². The smallest absolute Gasteiger partial charge is 0.0334 e. The van der Waals surface area contributed by atoms with Gasteiger partial charge in [0, 0.05) is 6.04 Å². The van der Waals surface area contributed by atoms with E-state index in [-0.39, 0.29) is 0 Å². The van der Waals surface area contributed by atoms with Crippen molar-refractivity contribution in [2.75, 3.05) is 26.2 Å². The number of nitrogens with one attached hydrogen (secondary N) is 1. The Labute approximate surface area is 130 Å². The van der Waals surface area contributed by atoms with Crippen molar-refractivity contribution in [3.63, 3.8) is 0 Å². The Morgan fingerprint density at radius 1 is 1.19 bits per heavy atom. The number of likely N-dealkylation sites (tertiary alicyclic amines) is 1. The van der Waals surface area contributed by atoms with Crippen LogP contribution in [0.5, 0.6) is 0 Å². The lowest BCUT2D eigenvalue weighted by Crippen LogP contribution is -2.39. The van der Waals surface area contributed by atoms with E-state index in [4.69, 9.17) is 0 Å². The monoisotopic (exact) mass is 288 g/mol. The first-order chi connectivity index (χ1) is 10.0. The lowest BCUT2D eigenvalue weighted by molar-refractivity contribution is 0.128. The summed E-state index contributed by atoms with van der Waals surface area (Å²) >= 11 is 0. The summed E-state index contributed by atoms with van der Waals surface area (Å²) in [6.45, 7) is 14.0. The summed E-state index contributed by atoms with van der Waals surface area (Å²) in [5.41, 5.74) is 3.42. The highest BCUT2D eigenvalue weighted by Gasteiger charge is 2.25. The van der Waals surface area contributed by atoms with E-state index < -0.39 is 0 Å². The van der Waals surface area contributed by atoms with E-state index in [1.165, 1.54) is 50.0 Å². The number of piperidine rings is 1. The maximum absolute atomic E-state index is 3.67. The van der Waals surface area contributed by atoms with Crippen LogP contribution in [-0.2, 0) is 0 Å². The van der Waals surface area contributed by atoms with Gasteiger partial charge < -0.3 is 10.2 Å². The second kappa shape index (κ2) is 7.42. The summed E-state index contributed by atoms with van der Waals surface area (Å²) in [4.78, 5) is 2.65. The average molecular weight is 288 g/mol. The van der Waals surface area contributed by atoms with Crippen molar-refractivity contribution in [3.8, 4) is 0 Å². The number of hydrogen-bond acceptors (Lipinski definition) is 2. The van der Waals surface area contributed by atoms with Gasteiger partial charge in [-0.3, -0.25) is 0 Å². The molecule has 1 fully saturated rings. The second-order valence-electron chi connectivity index (χ2n) is 7.26. The third-order valence-corrected chi connectivity index (χ3v) is 4.96. The topological polar surface area (TPSA) is 15.3 Å². The van der Waals surface area contributed by atoms with Gasteiger partial charge in [-0.1, -0.05) is 45.0 Å². The highest BCUT2D eigenvalue weighted by Crippen LogP contribution is 2.30. The molecule has 1 N–H and O–H groups in total. The predicted octanol–water partition coefficient (Wildman–Crippen LogP) is 4.16. The van der Waals surface area contributed by atoms with Gasteiger partial charge in [-0.15, -0.1) is 0 Å². The molecule has 118 valence electrons.